The van der Waals surface area contributed by atoms with Crippen LogP contribution in [0, 0.1) is 24.1 Å². The van der Waals surface area contributed by atoms with Crippen molar-refractivity contribution in [1.82, 2.24) is 19.5 Å². The minimum Gasteiger partial charge on any atom is -0.421 e. The summed E-state index contributed by atoms with van der Waals surface area (Å²) in [5.74, 6) is -1.05. The van der Waals surface area contributed by atoms with Crippen LogP contribution >= 0.6 is 23.2 Å². The van der Waals surface area contributed by atoms with Gasteiger partial charge in [-0.1, -0.05) is 35.8 Å². The molecule has 0 radical (unpaired) electrons. The Morgan fingerprint density at radius 1 is 1.20 bits per heavy atom. The van der Waals surface area contributed by atoms with Gasteiger partial charge in [-0.2, -0.15) is 10.2 Å². The predicted molar refractivity (Wildman–Crippen MR) is 156 cm³/mol. The molecule has 3 heterocycles. The van der Waals surface area contributed by atoms with Crippen LogP contribution in [0.1, 0.15) is 11.3 Å². The fourth-order valence-corrected chi connectivity index (χ4v) is 4.84. The first-order valence-corrected chi connectivity index (χ1v) is 12.8. The maximum absolute atomic E-state index is 15.5. The van der Waals surface area contributed by atoms with Gasteiger partial charge in [-0.25, -0.2) is 14.4 Å². The lowest BCUT2D eigenvalue weighted by molar-refractivity contribution is -0.111. The van der Waals surface area contributed by atoms with Crippen LogP contribution in [0.25, 0.3) is 33.3 Å². The molecule has 9 nitrogen and oxygen atoms in total. The highest BCUT2D eigenvalue weighted by molar-refractivity contribution is 6.34. The van der Waals surface area contributed by atoms with Crippen molar-refractivity contribution in [3.63, 3.8) is 0 Å². The Hall–Kier alpha value is -4.98. The lowest BCUT2D eigenvalue weighted by atomic mass is 9.97. The number of hydrogen-bond donors (Lipinski definition) is 2. The molecule has 0 aliphatic rings. The maximum atomic E-state index is 15.5. The van der Waals surface area contributed by atoms with Gasteiger partial charge in [0, 0.05) is 30.1 Å². The second-order valence-electron chi connectivity index (χ2n) is 8.90. The Morgan fingerprint density at radius 2 is 1.98 bits per heavy atom. The van der Waals surface area contributed by atoms with Crippen molar-refractivity contribution < 1.29 is 13.9 Å². The number of halogens is 3. The fourth-order valence-electron chi connectivity index (χ4n) is 4.48. The van der Waals surface area contributed by atoms with E-state index >= 15 is 4.39 Å². The number of fused-ring (bicyclic) bond motifs is 1. The molecule has 0 saturated heterocycles. The Morgan fingerprint density at radius 3 is 2.63 bits per heavy atom. The molecular formula is C29H20Cl2FN7O2. The minimum absolute atomic E-state index is 0.0630. The molecule has 2 aromatic carbocycles. The molecule has 0 bridgehead atoms. The number of ether oxygens (including phenoxy) is 1. The molecule has 0 saturated carbocycles. The number of carbonyl (C=O) groups is 1. The molecule has 0 fully saturated rings. The van der Waals surface area contributed by atoms with Crippen molar-refractivity contribution >= 4 is 51.5 Å². The molecule has 204 valence electrons. The molecule has 0 aliphatic carbocycles. The Labute approximate surface area is 243 Å². The molecule has 5 rings (SSSR count). The van der Waals surface area contributed by atoms with E-state index in [-0.39, 0.29) is 23.1 Å². The number of nitrogens with one attached hydrogen (secondary N) is 1. The lowest BCUT2D eigenvalue weighted by Gasteiger charge is -2.13. The second-order valence-corrected chi connectivity index (χ2v) is 9.71. The average molecular weight is 588 g/mol. The summed E-state index contributed by atoms with van der Waals surface area (Å²) < 4.78 is 22.8. The third kappa shape index (κ3) is 5.04. The van der Waals surface area contributed by atoms with E-state index in [0.29, 0.717) is 54.7 Å². The summed E-state index contributed by atoms with van der Waals surface area (Å²) >= 11 is 12.7. The third-order valence-electron chi connectivity index (χ3n) is 6.36. The number of nitriles is 1. The van der Waals surface area contributed by atoms with Gasteiger partial charge in [0.2, 0.25) is 5.91 Å². The van der Waals surface area contributed by atoms with Crippen LogP contribution < -0.4 is 15.8 Å². The zero-order valence-electron chi connectivity index (χ0n) is 21.7. The van der Waals surface area contributed by atoms with E-state index in [1.54, 1.807) is 42.8 Å². The van der Waals surface area contributed by atoms with Crippen LogP contribution in [0.15, 0.2) is 61.4 Å². The monoisotopic (exact) mass is 587 g/mol. The zero-order valence-corrected chi connectivity index (χ0v) is 23.2. The van der Waals surface area contributed by atoms with Gasteiger partial charge in [0.1, 0.15) is 11.9 Å². The Kier molecular flexibility index (Phi) is 7.32. The first-order chi connectivity index (χ1) is 19.6. The number of nitrogens with two attached hydrogens (primary N) is 1. The van der Waals surface area contributed by atoms with E-state index < -0.39 is 11.7 Å². The summed E-state index contributed by atoms with van der Waals surface area (Å²) in [4.78, 5) is 24.1. The van der Waals surface area contributed by atoms with E-state index in [4.69, 9.17) is 33.7 Å². The van der Waals surface area contributed by atoms with Crippen molar-refractivity contribution in [3.8, 4) is 40.2 Å². The topological polar surface area (TPSA) is 132 Å². The summed E-state index contributed by atoms with van der Waals surface area (Å²) in [5.41, 5.74) is 10.1. The van der Waals surface area contributed by atoms with E-state index in [1.807, 2.05) is 0 Å². The molecule has 5 aromatic rings. The summed E-state index contributed by atoms with van der Waals surface area (Å²) in [6.07, 6.45) is 3.89. The molecule has 0 unspecified atom stereocenters. The number of aromatic nitrogens is 4. The van der Waals surface area contributed by atoms with Gasteiger partial charge in [0.25, 0.3) is 0 Å². The van der Waals surface area contributed by atoms with Gasteiger partial charge in [-0.15, -0.1) is 0 Å². The second kappa shape index (κ2) is 10.9. The van der Waals surface area contributed by atoms with E-state index in [1.165, 1.54) is 24.5 Å². The molecule has 12 heteroatoms. The average Bonchev–Trinajstić information content (AvgIpc) is 3.25. The first-order valence-electron chi connectivity index (χ1n) is 12.0. The van der Waals surface area contributed by atoms with Gasteiger partial charge in [0.05, 0.1) is 44.1 Å². The highest BCUT2D eigenvalue weighted by Gasteiger charge is 2.25. The van der Waals surface area contributed by atoms with Crippen molar-refractivity contribution in [2.75, 3.05) is 11.1 Å². The van der Waals surface area contributed by atoms with Crippen LogP contribution in [-0.2, 0) is 11.8 Å². The summed E-state index contributed by atoms with van der Waals surface area (Å²) in [6.45, 7) is 5.13. The molecule has 3 N–H and O–H groups in total. The number of aryl methyl sites for hydroxylation is 2. The van der Waals surface area contributed by atoms with Crippen LogP contribution in [0.5, 0.6) is 11.8 Å². The molecule has 3 aromatic heterocycles. The first kappa shape index (κ1) is 27.6. The molecule has 1 amide bonds. The molecular weight excluding hydrogens is 568 g/mol. The highest BCUT2D eigenvalue weighted by atomic mass is 35.5. The van der Waals surface area contributed by atoms with Crippen molar-refractivity contribution in [1.29, 1.82) is 5.26 Å². The number of nitrogen functional groups attached to an aromatic ring is 1. The van der Waals surface area contributed by atoms with Gasteiger partial charge >= 0.3 is 6.01 Å². The summed E-state index contributed by atoms with van der Waals surface area (Å²) in [6, 6.07) is 11.4. The van der Waals surface area contributed by atoms with Crippen molar-refractivity contribution in [3.05, 3.63) is 88.6 Å². The number of rotatable bonds is 6. The fraction of sp³-hybridized carbons (Fsp3) is 0.0690. The van der Waals surface area contributed by atoms with Crippen LogP contribution in [-0.4, -0.2) is 25.4 Å². The van der Waals surface area contributed by atoms with Crippen LogP contribution in [0.4, 0.5) is 15.9 Å². The molecule has 0 aliphatic heterocycles. The number of pyridine rings is 1. The number of amides is 1. The standard InChI is InChI=1S/C29H20Cl2FN7O2/c1-4-23(40)38-17-6-7-18(19(30)10-17)27-24(25-26(39(27)3)16(11-33)12-35-28(25)34)15-5-8-22(21(32)9-15)41-29-36-13-20(31)14(2)37-29/h4-10,12-13H,1H2,2-3H3,(H2,34,35)(H,38,40). The zero-order chi connectivity index (χ0) is 29.4. The summed E-state index contributed by atoms with van der Waals surface area (Å²) in [7, 11) is 1.75. The minimum atomic E-state index is -0.696. The predicted octanol–water partition coefficient (Wildman–Crippen LogP) is 6.82. The van der Waals surface area contributed by atoms with E-state index in [9.17, 15) is 10.1 Å². The van der Waals surface area contributed by atoms with Gasteiger partial charge in [0.15, 0.2) is 11.6 Å². The van der Waals surface area contributed by atoms with Crippen molar-refractivity contribution in [2.45, 2.75) is 6.92 Å². The largest absolute Gasteiger partial charge is 0.421 e. The number of benzene rings is 2. The Bertz CT molecular complexity index is 1930. The van der Waals surface area contributed by atoms with Gasteiger partial charge in [-0.05, 0) is 48.9 Å². The lowest BCUT2D eigenvalue weighted by Crippen LogP contribution is -2.07. The van der Waals surface area contributed by atoms with Crippen molar-refractivity contribution in [2.24, 2.45) is 7.05 Å². The third-order valence-corrected chi connectivity index (χ3v) is 7.04. The van der Waals surface area contributed by atoms with E-state index in [2.05, 4.69) is 32.9 Å². The molecule has 0 spiro atoms. The Balaban J connectivity index is 1.71. The smallest absolute Gasteiger partial charge is 0.322 e. The van der Waals surface area contributed by atoms with Gasteiger partial charge in [-0.3, -0.25) is 4.79 Å². The van der Waals surface area contributed by atoms with Crippen LogP contribution in [0.3, 0.4) is 0 Å². The molecule has 41 heavy (non-hydrogen) atoms. The quantitative estimate of drug-likeness (QED) is 0.208. The van der Waals surface area contributed by atoms with E-state index in [0.717, 1.165) is 6.08 Å². The normalized spacial score (nSPS) is 10.8. The highest BCUT2D eigenvalue weighted by Crippen LogP contribution is 2.46. The molecule has 0 atom stereocenters. The number of nitrogens with zero attached hydrogens (tertiary/aromatic N) is 5. The number of anilines is 2. The number of hydrogen-bond acceptors (Lipinski definition) is 7. The SMILES string of the molecule is C=CC(=O)Nc1ccc(-c2c(-c3ccc(Oc4ncc(Cl)c(C)n4)c(F)c3)c3c(N)ncc(C#N)c3n2C)c(Cl)c1. The number of carbonyl (C=O) groups excluding carboxylic acids is 1. The van der Waals surface area contributed by atoms with Gasteiger partial charge < -0.3 is 20.4 Å². The van der Waals surface area contributed by atoms with Crippen LogP contribution in [0.2, 0.25) is 10.0 Å². The maximum Gasteiger partial charge on any atom is 0.322 e. The summed E-state index contributed by atoms with van der Waals surface area (Å²) in [5, 5.41) is 13.6.